The van der Waals surface area contributed by atoms with E-state index in [1.54, 1.807) is 4.90 Å². The minimum Gasteiger partial charge on any atom is -0.444 e. The molecule has 5 nitrogen and oxygen atoms in total. The molecule has 1 heterocycles. The fourth-order valence-corrected chi connectivity index (χ4v) is 3.38. The molecular weight excluding hydrogens is 354 g/mol. The summed E-state index contributed by atoms with van der Waals surface area (Å²) in [7, 11) is 0. The average Bonchev–Trinajstić information content (AvgIpc) is 2.53. The van der Waals surface area contributed by atoms with E-state index in [-0.39, 0.29) is 23.6 Å². The number of hydrogen-bond donors (Lipinski definition) is 2. The summed E-state index contributed by atoms with van der Waals surface area (Å²) < 4.78 is 32.9. The molecule has 0 bridgehead atoms. The summed E-state index contributed by atoms with van der Waals surface area (Å²) in [4.78, 5) is 14.0. The number of halogens is 2. The fourth-order valence-electron chi connectivity index (χ4n) is 3.38. The van der Waals surface area contributed by atoms with Crippen molar-refractivity contribution in [2.75, 3.05) is 26.2 Å². The first-order valence-corrected chi connectivity index (χ1v) is 9.31. The standard InChI is InChI=1S/C20H30F2N2O3/c1-19(2,3)27-18(26)24-10-6-9-20(4,13-24)12-23-11-16(25)17-14(21)7-5-8-15(17)22/h5,7-8,16,23,25H,6,9-13H2,1-4H3. The van der Waals surface area contributed by atoms with Crippen LogP contribution in [-0.4, -0.2) is 47.9 Å². The van der Waals surface area contributed by atoms with E-state index < -0.39 is 23.3 Å². The van der Waals surface area contributed by atoms with Gasteiger partial charge in [-0.25, -0.2) is 13.6 Å². The number of nitrogens with zero attached hydrogens (tertiary/aromatic N) is 1. The van der Waals surface area contributed by atoms with Gasteiger partial charge < -0.3 is 20.1 Å². The first-order chi connectivity index (χ1) is 12.5. The highest BCUT2D eigenvalue weighted by Gasteiger charge is 2.35. The van der Waals surface area contributed by atoms with E-state index in [9.17, 15) is 18.7 Å². The van der Waals surface area contributed by atoms with Gasteiger partial charge in [0.05, 0.1) is 11.7 Å². The fraction of sp³-hybridized carbons (Fsp3) is 0.650. The number of piperidine rings is 1. The zero-order valence-corrected chi connectivity index (χ0v) is 16.5. The molecule has 1 amide bonds. The van der Waals surface area contributed by atoms with Crippen LogP contribution in [0.1, 0.15) is 52.2 Å². The van der Waals surface area contributed by atoms with Gasteiger partial charge in [0.1, 0.15) is 17.2 Å². The minimum absolute atomic E-state index is 0.0277. The second kappa shape index (κ2) is 8.52. The number of rotatable bonds is 5. The van der Waals surface area contributed by atoms with Crippen molar-refractivity contribution in [3.8, 4) is 0 Å². The van der Waals surface area contributed by atoms with Gasteiger partial charge >= 0.3 is 6.09 Å². The maximum atomic E-state index is 13.7. The Morgan fingerprint density at radius 1 is 1.37 bits per heavy atom. The molecule has 0 radical (unpaired) electrons. The quantitative estimate of drug-likeness (QED) is 0.814. The molecule has 2 N–H and O–H groups in total. The number of nitrogens with one attached hydrogen (secondary N) is 1. The van der Waals surface area contributed by atoms with Crippen molar-refractivity contribution < 1.29 is 23.4 Å². The van der Waals surface area contributed by atoms with Gasteiger partial charge in [-0.1, -0.05) is 13.0 Å². The smallest absolute Gasteiger partial charge is 0.410 e. The third-order valence-electron chi connectivity index (χ3n) is 4.66. The van der Waals surface area contributed by atoms with Gasteiger partial charge in [0.2, 0.25) is 0 Å². The molecule has 1 saturated heterocycles. The Bertz CT molecular complexity index is 643. The molecule has 0 aliphatic carbocycles. The van der Waals surface area contributed by atoms with Crippen molar-refractivity contribution in [3.05, 3.63) is 35.4 Å². The Kier molecular flexibility index (Phi) is 6.81. The van der Waals surface area contributed by atoms with Gasteiger partial charge in [0, 0.05) is 26.2 Å². The van der Waals surface area contributed by atoms with Crippen molar-refractivity contribution in [3.63, 3.8) is 0 Å². The van der Waals surface area contributed by atoms with E-state index in [2.05, 4.69) is 5.32 Å². The third-order valence-corrected chi connectivity index (χ3v) is 4.66. The molecule has 0 saturated carbocycles. The second-order valence-electron chi connectivity index (χ2n) is 8.60. The molecule has 7 heteroatoms. The van der Waals surface area contributed by atoms with Crippen LogP contribution in [0.5, 0.6) is 0 Å². The first kappa shape index (κ1) is 21.6. The van der Waals surface area contributed by atoms with Gasteiger partial charge in [-0.15, -0.1) is 0 Å². The summed E-state index contributed by atoms with van der Waals surface area (Å²) in [5, 5.41) is 13.2. The van der Waals surface area contributed by atoms with E-state index in [0.29, 0.717) is 19.6 Å². The van der Waals surface area contributed by atoms with Gasteiger partial charge in [-0.3, -0.25) is 0 Å². The zero-order chi connectivity index (χ0) is 20.2. The van der Waals surface area contributed by atoms with Crippen LogP contribution >= 0.6 is 0 Å². The molecule has 1 aromatic carbocycles. The number of benzene rings is 1. The van der Waals surface area contributed by atoms with Crippen LogP contribution in [0.15, 0.2) is 18.2 Å². The maximum absolute atomic E-state index is 13.7. The predicted molar refractivity (Wildman–Crippen MR) is 99.3 cm³/mol. The number of hydrogen-bond acceptors (Lipinski definition) is 4. The Morgan fingerprint density at radius 3 is 2.59 bits per heavy atom. The number of aliphatic hydroxyl groups excluding tert-OH is 1. The van der Waals surface area contributed by atoms with Crippen LogP contribution in [0.2, 0.25) is 0 Å². The summed E-state index contributed by atoms with van der Waals surface area (Å²) in [6, 6.07) is 3.52. The van der Waals surface area contributed by atoms with Crippen molar-refractivity contribution in [2.24, 2.45) is 5.41 Å². The van der Waals surface area contributed by atoms with E-state index in [1.165, 1.54) is 6.07 Å². The van der Waals surface area contributed by atoms with Crippen LogP contribution in [0.3, 0.4) is 0 Å². The third kappa shape index (κ3) is 6.14. The highest BCUT2D eigenvalue weighted by molar-refractivity contribution is 5.68. The Morgan fingerprint density at radius 2 is 2.00 bits per heavy atom. The number of ether oxygens (including phenoxy) is 1. The zero-order valence-electron chi connectivity index (χ0n) is 16.5. The largest absolute Gasteiger partial charge is 0.444 e. The summed E-state index contributed by atoms with van der Waals surface area (Å²) in [6.07, 6.45) is 0.146. The molecule has 2 atom stereocenters. The number of aliphatic hydroxyl groups is 1. The Labute approximate surface area is 159 Å². The average molecular weight is 384 g/mol. The molecule has 2 rings (SSSR count). The molecule has 0 spiro atoms. The highest BCUT2D eigenvalue weighted by atomic mass is 19.1. The Hall–Kier alpha value is -1.73. The van der Waals surface area contributed by atoms with Gasteiger partial charge in [-0.2, -0.15) is 0 Å². The lowest BCUT2D eigenvalue weighted by atomic mass is 9.82. The number of likely N-dealkylation sites (tertiary alicyclic amines) is 1. The second-order valence-corrected chi connectivity index (χ2v) is 8.60. The number of amides is 1. The molecule has 1 aromatic rings. The highest BCUT2D eigenvalue weighted by Crippen LogP contribution is 2.30. The van der Waals surface area contributed by atoms with Crippen molar-refractivity contribution in [1.82, 2.24) is 10.2 Å². The summed E-state index contributed by atoms with van der Waals surface area (Å²) in [5.74, 6) is -1.52. The molecular formula is C20H30F2N2O3. The number of carbonyl (C=O) groups is 1. The molecule has 27 heavy (non-hydrogen) atoms. The van der Waals surface area contributed by atoms with Crippen molar-refractivity contribution in [1.29, 1.82) is 0 Å². The predicted octanol–water partition coefficient (Wildman–Crippen LogP) is 3.63. The molecule has 1 aliphatic heterocycles. The van der Waals surface area contributed by atoms with Crippen LogP contribution in [0.4, 0.5) is 13.6 Å². The normalized spacial score (nSPS) is 21.8. The summed E-state index contributed by atoms with van der Waals surface area (Å²) in [5.41, 5.74) is -1.08. The van der Waals surface area contributed by atoms with Crippen LogP contribution in [0, 0.1) is 17.0 Å². The van der Waals surface area contributed by atoms with Crippen molar-refractivity contribution >= 4 is 6.09 Å². The molecule has 1 aliphatic rings. The van der Waals surface area contributed by atoms with Crippen molar-refractivity contribution in [2.45, 2.75) is 52.2 Å². The lowest BCUT2D eigenvalue weighted by molar-refractivity contribution is 0.00635. The van der Waals surface area contributed by atoms with Crippen LogP contribution in [0.25, 0.3) is 0 Å². The van der Waals surface area contributed by atoms with Gasteiger partial charge in [-0.05, 0) is 51.2 Å². The molecule has 1 fully saturated rings. The first-order valence-electron chi connectivity index (χ1n) is 9.31. The lowest BCUT2D eigenvalue weighted by Crippen LogP contribution is -2.50. The Balaban J connectivity index is 1.90. The van der Waals surface area contributed by atoms with E-state index >= 15 is 0 Å². The summed E-state index contributed by atoms with van der Waals surface area (Å²) >= 11 is 0. The summed E-state index contributed by atoms with van der Waals surface area (Å²) in [6.45, 7) is 9.26. The molecule has 0 aromatic heterocycles. The van der Waals surface area contributed by atoms with E-state index in [4.69, 9.17) is 4.74 Å². The van der Waals surface area contributed by atoms with Gasteiger partial charge in [0.25, 0.3) is 0 Å². The molecule has 152 valence electrons. The monoisotopic (exact) mass is 384 g/mol. The number of carbonyl (C=O) groups excluding carboxylic acids is 1. The van der Waals surface area contributed by atoms with Crippen LogP contribution in [-0.2, 0) is 4.74 Å². The SMILES string of the molecule is CC1(CNCC(O)c2c(F)cccc2F)CCCN(C(=O)OC(C)(C)C)C1. The topological polar surface area (TPSA) is 61.8 Å². The lowest BCUT2D eigenvalue weighted by Gasteiger charge is -2.41. The van der Waals surface area contributed by atoms with Gasteiger partial charge in [0.15, 0.2) is 0 Å². The minimum atomic E-state index is -1.28. The van der Waals surface area contributed by atoms with E-state index in [1.807, 2.05) is 27.7 Å². The van der Waals surface area contributed by atoms with Crippen LogP contribution < -0.4 is 5.32 Å². The van der Waals surface area contributed by atoms with E-state index in [0.717, 1.165) is 25.0 Å². The molecule has 2 unspecified atom stereocenters. The maximum Gasteiger partial charge on any atom is 0.410 e.